The van der Waals surface area contributed by atoms with Gasteiger partial charge in [-0.05, 0) is 34.2 Å². The minimum atomic E-state index is 0.0961. The largest absolute Gasteiger partial charge is 0.495 e. The summed E-state index contributed by atoms with van der Waals surface area (Å²) in [5.41, 5.74) is 3.82. The van der Waals surface area contributed by atoms with Gasteiger partial charge in [0.2, 0.25) is 0 Å². The van der Waals surface area contributed by atoms with Crippen molar-refractivity contribution in [2.24, 2.45) is 0 Å². The molecule has 0 fully saturated rings. The van der Waals surface area contributed by atoms with Crippen LogP contribution in [0.3, 0.4) is 0 Å². The zero-order valence-electron chi connectivity index (χ0n) is 12.8. The van der Waals surface area contributed by atoms with Gasteiger partial charge in [0.25, 0.3) is 0 Å². The minimum absolute atomic E-state index is 0.0961. The summed E-state index contributed by atoms with van der Waals surface area (Å²) in [5, 5.41) is 0.632. The zero-order chi connectivity index (χ0) is 15.6. The number of benzene rings is 2. The van der Waals surface area contributed by atoms with Crippen LogP contribution in [0.25, 0.3) is 0 Å². The molecule has 0 saturated carbocycles. The highest BCUT2D eigenvalue weighted by atomic mass is 79.9. The van der Waals surface area contributed by atoms with E-state index >= 15 is 0 Å². The summed E-state index contributed by atoms with van der Waals surface area (Å²) in [5.74, 6) is 0.698. The molecule has 0 bridgehead atoms. The normalized spacial score (nSPS) is 13.0. The molecule has 1 unspecified atom stereocenters. The Morgan fingerprint density at radius 1 is 1.10 bits per heavy atom. The van der Waals surface area contributed by atoms with Crippen LogP contribution in [0.4, 0.5) is 0 Å². The predicted molar refractivity (Wildman–Crippen MR) is 93.9 cm³/mol. The predicted octanol–water partition coefficient (Wildman–Crippen LogP) is 6.13. The third-order valence-electron chi connectivity index (χ3n) is 3.51. The van der Waals surface area contributed by atoms with E-state index in [1.54, 1.807) is 7.11 Å². The Balaban J connectivity index is 2.45. The molecule has 0 aliphatic rings. The maximum absolute atomic E-state index is 6.24. The molecule has 3 heteroatoms. The SMILES string of the molecule is COc1ccc(C(Br)c2ccccc2C(C)(C)C)cc1Cl. The van der Waals surface area contributed by atoms with E-state index in [1.807, 2.05) is 18.2 Å². The van der Waals surface area contributed by atoms with Crippen LogP contribution >= 0.6 is 27.5 Å². The van der Waals surface area contributed by atoms with Crippen molar-refractivity contribution in [3.05, 3.63) is 64.2 Å². The molecule has 112 valence electrons. The molecule has 2 aromatic rings. The molecular formula is C18H20BrClO. The van der Waals surface area contributed by atoms with Crippen molar-refractivity contribution in [2.75, 3.05) is 7.11 Å². The van der Waals surface area contributed by atoms with Crippen LogP contribution in [0.1, 0.15) is 42.3 Å². The van der Waals surface area contributed by atoms with Crippen LogP contribution in [0.15, 0.2) is 42.5 Å². The molecule has 0 radical (unpaired) electrons. The standard InChI is InChI=1S/C18H20BrClO/c1-18(2,3)14-8-6-5-7-13(14)17(19)12-9-10-16(21-4)15(20)11-12/h5-11,17H,1-4H3. The van der Waals surface area contributed by atoms with E-state index in [1.165, 1.54) is 11.1 Å². The van der Waals surface area contributed by atoms with Crippen molar-refractivity contribution in [2.45, 2.75) is 31.0 Å². The monoisotopic (exact) mass is 366 g/mol. The summed E-state index contributed by atoms with van der Waals surface area (Å²) < 4.78 is 5.22. The van der Waals surface area contributed by atoms with Crippen molar-refractivity contribution in [1.82, 2.24) is 0 Å². The van der Waals surface area contributed by atoms with E-state index in [4.69, 9.17) is 16.3 Å². The van der Waals surface area contributed by atoms with E-state index < -0.39 is 0 Å². The fourth-order valence-electron chi connectivity index (χ4n) is 2.42. The molecule has 0 saturated heterocycles. The molecule has 0 aromatic heterocycles. The molecule has 0 N–H and O–H groups in total. The maximum Gasteiger partial charge on any atom is 0.137 e. The Labute approximate surface area is 140 Å². The number of alkyl halides is 1. The number of hydrogen-bond acceptors (Lipinski definition) is 1. The van der Waals surface area contributed by atoms with Gasteiger partial charge >= 0.3 is 0 Å². The van der Waals surface area contributed by atoms with E-state index in [0.29, 0.717) is 10.8 Å². The number of ether oxygens (including phenoxy) is 1. The van der Waals surface area contributed by atoms with Crippen LogP contribution in [0, 0.1) is 0 Å². The lowest BCUT2D eigenvalue weighted by atomic mass is 9.82. The van der Waals surface area contributed by atoms with Crippen LogP contribution in [0.2, 0.25) is 5.02 Å². The van der Waals surface area contributed by atoms with Gasteiger partial charge in [-0.15, -0.1) is 0 Å². The van der Waals surface area contributed by atoms with Crippen LogP contribution in [0.5, 0.6) is 5.75 Å². The lowest BCUT2D eigenvalue weighted by molar-refractivity contribution is 0.415. The number of halogens is 2. The van der Waals surface area contributed by atoms with Gasteiger partial charge in [0.05, 0.1) is 17.0 Å². The van der Waals surface area contributed by atoms with Gasteiger partial charge in [0, 0.05) is 0 Å². The van der Waals surface area contributed by atoms with Gasteiger partial charge < -0.3 is 4.74 Å². The van der Waals surface area contributed by atoms with E-state index in [9.17, 15) is 0 Å². The smallest absolute Gasteiger partial charge is 0.137 e. The van der Waals surface area contributed by atoms with Gasteiger partial charge in [-0.2, -0.15) is 0 Å². The first-order valence-electron chi connectivity index (χ1n) is 6.91. The number of rotatable bonds is 3. The van der Waals surface area contributed by atoms with Crippen molar-refractivity contribution >= 4 is 27.5 Å². The highest BCUT2D eigenvalue weighted by molar-refractivity contribution is 9.09. The first-order valence-corrected chi connectivity index (χ1v) is 8.21. The topological polar surface area (TPSA) is 9.23 Å². The molecule has 0 heterocycles. The van der Waals surface area contributed by atoms with Gasteiger partial charge in [0.1, 0.15) is 5.75 Å². The lowest BCUT2D eigenvalue weighted by Crippen LogP contribution is -2.15. The first kappa shape index (κ1) is 16.4. The lowest BCUT2D eigenvalue weighted by Gasteiger charge is -2.25. The van der Waals surface area contributed by atoms with Crippen LogP contribution in [-0.4, -0.2) is 7.11 Å². The average Bonchev–Trinajstić information content (AvgIpc) is 2.45. The van der Waals surface area contributed by atoms with Crippen molar-refractivity contribution in [3.63, 3.8) is 0 Å². The van der Waals surface area contributed by atoms with Gasteiger partial charge in [0.15, 0.2) is 0 Å². The molecule has 0 spiro atoms. The molecule has 2 aromatic carbocycles. The highest BCUT2D eigenvalue weighted by Crippen LogP contribution is 2.39. The van der Waals surface area contributed by atoms with Crippen molar-refractivity contribution in [1.29, 1.82) is 0 Å². The minimum Gasteiger partial charge on any atom is -0.495 e. The maximum atomic E-state index is 6.24. The molecule has 21 heavy (non-hydrogen) atoms. The summed E-state index contributed by atoms with van der Waals surface area (Å²) in [6.07, 6.45) is 0. The Bertz CT molecular complexity index is 631. The third kappa shape index (κ3) is 3.61. The molecule has 1 nitrogen and oxygen atoms in total. The second-order valence-electron chi connectivity index (χ2n) is 6.09. The van der Waals surface area contributed by atoms with Crippen molar-refractivity contribution < 1.29 is 4.74 Å². The van der Waals surface area contributed by atoms with Gasteiger partial charge in [-0.3, -0.25) is 0 Å². The Kier molecular flexibility index (Phi) is 5.00. The van der Waals surface area contributed by atoms with Crippen LogP contribution < -0.4 is 4.74 Å². The van der Waals surface area contributed by atoms with Gasteiger partial charge in [-0.1, -0.05) is 78.6 Å². The Morgan fingerprint density at radius 3 is 2.33 bits per heavy atom. The summed E-state index contributed by atoms with van der Waals surface area (Å²) in [6.45, 7) is 6.69. The van der Waals surface area contributed by atoms with Gasteiger partial charge in [-0.25, -0.2) is 0 Å². The second-order valence-corrected chi connectivity index (χ2v) is 7.42. The third-order valence-corrected chi connectivity index (χ3v) is 4.83. The highest BCUT2D eigenvalue weighted by Gasteiger charge is 2.22. The van der Waals surface area contributed by atoms with E-state index in [2.05, 4.69) is 61.0 Å². The summed E-state index contributed by atoms with van der Waals surface area (Å²) in [7, 11) is 1.63. The molecule has 0 aliphatic heterocycles. The Morgan fingerprint density at radius 2 is 1.76 bits per heavy atom. The summed E-state index contributed by atoms with van der Waals surface area (Å²) in [4.78, 5) is 0.108. The first-order chi connectivity index (χ1) is 9.84. The average molecular weight is 368 g/mol. The molecule has 2 rings (SSSR count). The molecule has 1 atom stereocenters. The van der Waals surface area contributed by atoms with E-state index in [-0.39, 0.29) is 10.2 Å². The fourth-order valence-corrected chi connectivity index (χ4v) is 3.37. The summed E-state index contributed by atoms with van der Waals surface area (Å²) >= 11 is 10.1. The second kappa shape index (κ2) is 6.41. The molecule has 0 aliphatic carbocycles. The summed E-state index contributed by atoms with van der Waals surface area (Å²) in [6, 6.07) is 14.4. The Hall–Kier alpha value is -0.990. The quantitative estimate of drug-likeness (QED) is 0.593. The molecular weight excluding hydrogens is 348 g/mol. The number of hydrogen-bond donors (Lipinski definition) is 0. The van der Waals surface area contributed by atoms with Crippen molar-refractivity contribution in [3.8, 4) is 5.75 Å². The van der Waals surface area contributed by atoms with E-state index in [0.717, 1.165) is 5.56 Å². The zero-order valence-corrected chi connectivity index (χ0v) is 15.1. The molecule has 0 amide bonds. The fraction of sp³-hybridized carbons (Fsp3) is 0.333. The number of methoxy groups -OCH3 is 1. The van der Waals surface area contributed by atoms with Crippen LogP contribution in [-0.2, 0) is 5.41 Å².